The number of hydrogen-bond donors (Lipinski definition) is 1. The zero-order valence-corrected chi connectivity index (χ0v) is 18.5. The molecule has 0 aromatic rings. The Hall–Kier alpha value is 0.110. The van der Waals surface area contributed by atoms with Crippen molar-refractivity contribution in [2.45, 2.75) is 90.3 Å². The molecule has 0 bridgehead atoms. The van der Waals surface area contributed by atoms with Gasteiger partial charge in [-0.15, -0.1) is 0 Å². The summed E-state index contributed by atoms with van der Waals surface area (Å²) in [7, 11) is 3.06. The molecule has 2 unspecified atom stereocenters. The highest BCUT2D eigenvalue weighted by atomic mass is 31.2. The maximum absolute atomic E-state index is 13.0. The third kappa shape index (κ3) is 13.9. The van der Waals surface area contributed by atoms with E-state index in [2.05, 4.69) is 6.92 Å². The van der Waals surface area contributed by atoms with Gasteiger partial charge in [-0.05, 0) is 12.8 Å². The number of likely N-dealkylation sites (N-methyl/N-ethyl adjacent to an activating group) is 1. The number of aliphatic hydroxyl groups is 1. The van der Waals surface area contributed by atoms with E-state index in [0.717, 1.165) is 19.3 Å². The van der Waals surface area contributed by atoms with Crippen LogP contribution in [-0.2, 0) is 9.09 Å². The molecule has 0 aliphatic rings. The molecule has 0 heterocycles. The van der Waals surface area contributed by atoms with Gasteiger partial charge in [0.1, 0.15) is 6.54 Å². The summed E-state index contributed by atoms with van der Waals surface area (Å²) in [6.07, 6.45) is 14.0. The van der Waals surface area contributed by atoms with Gasteiger partial charge in [0, 0.05) is 6.16 Å². The third-order valence-corrected chi connectivity index (χ3v) is 7.27. The molecule has 0 saturated carbocycles. The summed E-state index contributed by atoms with van der Waals surface area (Å²) in [6, 6.07) is 0. The van der Waals surface area contributed by atoms with E-state index in [1.165, 1.54) is 51.4 Å². The Morgan fingerprint density at radius 3 is 1.76 bits per heavy atom. The van der Waals surface area contributed by atoms with Crippen LogP contribution in [0.1, 0.15) is 84.5 Å². The lowest BCUT2D eigenvalue weighted by molar-refractivity contribution is -0.872. The Morgan fingerprint density at radius 1 is 0.840 bits per heavy atom. The fourth-order valence-corrected chi connectivity index (χ4v) is 5.43. The third-order valence-electron chi connectivity index (χ3n) is 4.51. The van der Waals surface area contributed by atoms with E-state index in [-0.39, 0.29) is 0 Å². The first kappa shape index (κ1) is 25.1. The monoisotopic (exact) mass is 378 g/mol. The van der Waals surface area contributed by atoms with Gasteiger partial charge in [0.25, 0.3) is 0 Å². The highest BCUT2D eigenvalue weighted by Gasteiger charge is 2.35. The molecule has 1 N–H and O–H groups in total. The van der Waals surface area contributed by atoms with Crippen molar-refractivity contribution in [1.82, 2.24) is 0 Å². The lowest BCUT2D eigenvalue weighted by Gasteiger charge is -2.30. The Morgan fingerprint density at radius 2 is 1.32 bits per heavy atom. The molecule has 0 aliphatic carbocycles. The minimum atomic E-state index is -2.94. The molecule has 0 amide bonds. The van der Waals surface area contributed by atoms with Crippen LogP contribution < -0.4 is 0 Å². The molecule has 4 nitrogen and oxygen atoms in total. The summed E-state index contributed by atoms with van der Waals surface area (Å²) in [6.45, 7) is 5.23. The van der Waals surface area contributed by atoms with Crippen molar-refractivity contribution in [3.8, 4) is 0 Å². The van der Waals surface area contributed by atoms with E-state index in [0.29, 0.717) is 23.8 Å². The van der Waals surface area contributed by atoms with Crippen LogP contribution in [0.3, 0.4) is 0 Å². The van der Waals surface area contributed by atoms with Crippen LogP contribution in [0.25, 0.3) is 0 Å². The average Bonchev–Trinajstić information content (AvgIpc) is 2.51. The summed E-state index contributed by atoms with van der Waals surface area (Å²) < 4.78 is 19.3. The predicted molar refractivity (Wildman–Crippen MR) is 109 cm³/mol. The first-order chi connectivity index (χ1) is 11.7. The van der Waals surface area contributed by atoms with E-state index >= 15 is 0 Å². The second kappa shape index (κ2) is 14.2. The number of unbranched alkanes of at least 4 members (excludes halogenated alkanes) is 9. The summed E-state index contributed by atoms with van der Waals surface area (Å²) >= 11 is 0. The van der Waals surface area contributed by atoms with Gasteiger partial charge in [0.05, 0.1) is 27.7 Å². The normalized spacial score (nSPS) is 15.9. The molecule has 0 rings (SSSR count). The van der Waals surface area contributed by atoms with E-state index in [1.807, 2.05) is 28.1 Å². The van der Waals surface area contributed by atoms with Crippen molar-refractivity contribution >= 4 is 7.37 Å². The zero-order chi connectivity index (χ0) is 19.2. The van der Waals surface area contributed by atoms with Crippen LogP contribution in [0.2, 0.25) is 0 Å². The Labute approximate surface area is 157 Å². The summed E-state index contributed by atoms with van der Waals surface area (Å²) in [5.74, 6) is -0.851. The zero-order valence-electron chi connectivity index (χ0n) is 17.6. The van der Waals surface area contributed by atoms with Gasteiger partial charge in [-0.3, -0.25) is 4.57 Å². The van der Waals surface area contributed by atoms with Gasteiger partial charge in [-0.25, -0.2) is 0 Å². The molecule has 2 atom stereocenters. The van der Waals surface area contributed by atoms with Crippen molar-refractivity contribution in [2.24, 2.45) is 0 Å². The molecule has 0 fully saturated rings. The Bertz CT molecular complexity index is 355. The van der Waals surface area contributed by atoms with Crippen LogP contribution >= 0.6 is 7.37 Å². The molecular weight excluding hydrogens is 333 g/mol. The molecular formula is C20H45NO3P+. The molecule has 25 heavy (non-hydrogen) atoms. The topological polar surface area (TPSA) is 46.5 Å². The minimum Gasteiger partial charge on any atom is -0.378 e. The van der Waals surface area contributed by atoms with Crippen molar-refractivity contribution in [2.75, 3.05) is 40.5 Å². The van der Waals surface area contributed by atoms with Crippen molar-refractivity contribution in [1.29, 1.82) is 0 Å². The van der Waals surface area contributed by atoms with Gasteiger partial charge in [-0.1, -0.05) is 71.6 Å². The Balaban J connectivity index is 3.88. The highest BCUT2D eigenvalue weighted by Crippen LogP contribution is 2.51. The number of hydrogen-bond acceptors (Lipinski definition) is 3. The largest absolute Gasteiger partial charge is 0.378 e. The molecule has 0 aromatic heterocycles. The van der Waals surface area contributed by atoms with Crippen molar-refractivity contribution < 1.29 is 18.7 Å². The standard InChI is InChI=1S/C20H45NO3P/c1-6-8-9-10-11-12-13-14-15-16-17-24-25(23,18-7-2)20(22)19-21(3,4)5/h20,22H,6-19H2,1-5H3/q+1. The second-order valence-electron chi connectivity index (χ2n) is 8.42. The average molecular weight is 379 g/mol. The smallest absolute Gasteiger partial charge is 0.236 e. The van der Waals surface area contributed by atoms with E-state index in [1.54, 1.807) is 0 Å². The van der Waals surface area contributed by atoms with Gasteiger partial charge < -0.3 is 14.1 Å². The first-order valence-corrected chi connectivity index (χ1v) is 12.3. The molecule has 0 radical (unpaired) electrons. The summed E-state index contributed by atoms with van der Waals surface area (Å²) in [5.41, 5.74) is 0. The number of quaternary nitrogens is 1. The number of rotatable bonds is 17. The lowest BCUT2D eigenvalue weighted by Crippen LogP contribution is -2.41. The van der Waals surface area contributed by atoms with Crippen LogP contribution in [0, 0.1) is 0 Å². The molecule has 0 spiro atoms. The van der Waals surface area contributed by atoms with Crippen LogP contribution in [0.4, 0.5) is 0 Å². The maximum atomic E-state index is 13.0. The number of aliphatic hydroxyl groups excluding tert-OH is 1. The number of nitrogens with zero attached hydrogens (tertiary/aromatic N) is 1. The van der Waals surface area contributed by atoms with Crippen molar-refractivity contribution in [3.63, 3.8) is 0 Å². The predicted octanol–water partition coefficient (Wildman–Crippen LogP) is 5.64. The van der Waals surface area contributed by atoms with Crippen LogP contribution in [-0.4, -0.2) is 55.9 Å². The molecule has 5 heteroatoms. The van der Waals surface area contributed by atoms with Crippen LogP contribution in [0.15, 0.2) is 0 Å². The van der Waals surface area contributed by atoms with E-state index in [9.17, 15) is 9.67 Å². The summed E-state index contributed by atoms with van der Waals surface area (Å²) in [4.78, 5) is 0. The molecule has 0 aliphatic heterocycles. The second-order valence-corrected chi connectivity index (χ2v) is 11.2. The van der Waals surface area contributed by atoms with Gasteiger partial charge in [-0.2, -0.15) is 0 Å². The van der Waals surface area contributed by atoms with Crippen molar-refractivity contribution in [3.05, 3.63) is 0 Å². The molecule has 0 aromatic carbocycles. The van der Waals surface area contributed by atoms with Gasteiger partial charge >= 0.3 is 0 Å². The fraction of sp³-hybridized carbons (Fsp3) is 1.00. The van der Waals surface area contributed by atoms with E-state index in [4.69, 9.17) is 4.52 Å². The lowest BCUT2D eigenvalue weighted by atomic mass is 10.1. The van der Waals surface area contributed by atoms with Gasteiger partial charge in [0.2, 0.25) is 7.37 Å². The van der Waals surface area contributed by atoms with E-state index < -0.39 is 13.2 Å². The summed E-state index contributed by atoms with van der Waals surface area (Å²) in [5, 5.41) is 10.4. The highest BCUT2D eigenvalue weighted by molar-refractivity contribution is 7.59. The van der Waals surface area contributed by atoms with Gasteiger partial charge in [0.15, 0.2) is 5.85 Å². The molecule has 152 valence electrons. The Kier molecular flexibility index (Phi) is 14.3. The first-order valence-electron chi connectivity index (χ1n) is 10.5. The maximum Gasteiger partial charge on any atom is 0.236 e. The quantitative estimate of drug-likeness (QED) is 0.202. The van der Waals surface area contributed by atoms with Crippen LogP contribution in [0.5, 0.6) is 0 Å². The molecule has 0 saturated heterocycles. The SMILES string of the molecule is CCCCCCCCCCCCOP(=O)(CCC)C(O)C[N+](C)(C)C. The fourth-order valence-electron chi connectivity index (χ4n) is 3.03. The minimum absolute atomic E-state index is 0.468.